The summed E-state index contributed by atoms with van der Waals surface area (Å²) in [5.41, 5.74) is 28.0. The highest BCUT2D eigenvalue weighted by Gasteiger charge is 2.42. The number of allylic oxidation sites excluding steroid dienone is 3. The largest absolute Gasteiger partial charge is 0.317 e. The Bertz CT molecular complexity index is 4580. The first-order valence-corrected chi connectivity index (χ1v) is 28.5. The highest BCUT2D eigenvalue weighted by molar-refractivity contribution is 6.21. The quantitative estimate of drug-likeness (QED) is 0.0903. The first-order chi connectivity index (χ1) is 40.0. The monoisotopic (exact) mass is 1050 g/mol. The smallest absolute Gasteiger partial charge is 0.0644 e. The van der Waals surface area contributed by atoms with Crippen molar-refractivity contribution in [1.82, 2.24) is 4.98 Å². The molecule has 0 radical (unpaired) electrons. The first-order valence-electron chi connectivity index (χ1n) is 28.5. The van der Waals surface area contributed by atoms with Gasteiger partial charge >= 0.3 is 0 Å². The Kier molecular flexibility index (Phi) is 11.1. The summed E-state index contributed by atoms with van der Waals surface area (Å²) in [5, 5.41) is 5.33. The van der Waals surface area contributed by atoms with Gasteiger partial charge in [-0.05, 0) is 188 Å². The average molecular weight is 1050 g/mol. The molecule has 4 heteroatoms. The van der Waals surface area contributed by atoms with Crippen LogP contribution in [0.1, 0.15) is 72.9 Å². The fraction of sp³-hybridized carbons (Fsp3) is 0.103. The maximum atomic E-state index is 4.62. The Morgan fingerprint density at radius 2 is 1.12 bits per heavy atom. The van der Waals surface area contributed by atoms with Gasteiger partial charge in [-0.1, -0.05) is 186 Å². The molecule has 4 nitrogen and oxygen atoms in total. The van der Waals surface area contributed by atoms with Crippen molar-refractivity contribution in [3.8, 4) is 66.8 Å². The third kappa shape index (κ3) is 7.30. The van der Waals surface area contributed by atoms with Crippen molar-refractivity contribution >= 4 is 50.5 Å². The van der Waals surface area contributed by atoms with Gasteiger partial charge in [0, 0.05) is 58.3 Å². The zero-order valence-electron chi connectivity index (χ0n) is 46.7. The van der Waals surface area contributed by atoms with Gasteiger partial charge in [0.1, 0.15) is 0 Å². The van der Waals surface area contributed by atoms with E-state index in [9.17, 15) is 0 Å². The lowest BCUT2D eigenvalue weighted by atomic mass is 9.80. The van der Waals surface area contributed by atoms with Gasteiger partial charge in [-0.3, -0.25) is 9.98 Å². The molecule has 1 aromatic heterocycles. The molecule has 0 aliphatic heterocycles. The van der Waals surface area contributed by atoms with Crippen molar-refractivity contribution in [2.24, 2.45) is 4.99 Å². The maximum Gasteiger partial charge on any atom is 0.0644 e. The Hall–Kier alpha value is -9.90. The molecule has 392 valence electrons. The van der Waals surface area contributed by atoms with Gasteiger partial charge < -0.3 is 9.80 Å². The Morgan fingerprint density at radius 3 is 1.91 bits per heavy atom. The third-order valence-corrected chi connectivity index (χ3v) is 18.4. The normalized spacial score (nSPS) is 16.0. The van der Waals surface area contributed by atoms with Gasteiger partial charge in [-0.2, -0.15) is 0 Å². The number of anilines is 4. The van der Waals surface area contributed by atoms with Gasteiger partial charge in [0.25, 0.3) is 0 Å². The van der Waals surface area contributed by atoms with E-state index in [0.29, 0.717) is 0 Å². The van der Waals surface area contributed by atoms with Gasteiger partial charge in [0.15, 0.2) is 0 Å². The number of benzene rings is 10. The molecule has 2 unspecified atom stereocenters. The lowest BCUT2D eigenvalue weighted by molar-refractivity contribution is 0.658. The third-order valence-electron chi connectivity index (χ3n) is 18.4. The summed E-state index contributed by atoms with van der Waals surface area (Å²) in [6.07, 6.45) is 13.7. The molecule has 4 aliphatic carbocycles. The molecule has 0 spiro atoms. The standard InChI is InChI=1S/C78H60N4/c1-8-57-59(38-40-81(48(3)46-79-9-2)53-20-11-10-12-21-53)66-44-72-76(64-28-16-25-60(57)73(64)66)68-43-52(33-37-70(68)78(72,6)7)50-19-15-22-55(41-50)82(56-23-18-39-80-47-56)54-34-30-49(31-35-54)51-32-36-58-61-26-17-27-63-74(61)67(65(58)42-51)45-71-75(63)62-24-13-14-29-69(62)77(71,4)5/h8-47,57,59H,1-3H2,4-7H3/b40-38+,79-46-. The van der Waals surface area contributed by atoms with Crippen LogP contribution >= 0.6 is 0 Å². The average Bonchev–Trinajstić information content (AvgIpc) is 4.37. The number of hydrogen-bond donors (Lipinski definition) is 0. The predicted molar refractivity (Wildman–Crippen MR) is 346 cm³/mol. The zero-order valence-corrected chi connectivity index (χ0v) is 46.7. The van der Waals surface area contributed by atoms with Gasteiger partial charge in [-0.15, -0.1) is 6.58 Å². The fourth-order valence-corrected chi connectivity index (χ4v) is 14.5. The van der Waals surface area contributed by atoms with Crippen LogP contribution < -0.4 is 9.80 Å². The molecule has 0 saturated carbocycles. The molecule has 2 atom stereocenters. The number of hydrogen-bond acceptors (Lipinski definition) is 4. The molecule has 1 heterocycles. The summed E-state index contributed by atoms with van der Waals surface area (Å²) >= 11 is 0. The highest BCUT2D eigenvalue weighted by atomic mass is 15.1. The van der Waals surface area contributed by atoms with Crippen molar-refractivity contribution < 1.29 is 0 Å². The molecule has 0 amide bonds. The van der Waals surface area contributed by atoms with Crippen LogP contribution in [0.25, 0.3) is 88.3 Å². The molecule has 11 aromatic rings. The fourth-order valence-electron chi connectivity index (χ4n) is 14.5. The molecule has 0 fully saturated rings. The van der Waals surface area contributed by atoms with E-state index in [-0.39, 0.29) is 22.7 Å². The SMILES string of the molecule is C=C/N=C\C(=C)N(/C=C/C1c2cc3c(c4cccc(c24)C1C=C)-c1cc(-c2cccc(N(c4ccc(-c5ccc6c(c5)-c5cc7c(c8cccc-6c58)-c5ccccc5C7(C)C)cc4)c4cccnc4)c2)ccc1C3(C)C)c1ccccc1. The van der Waals surface area contributed by atoms with Crippen molar-refractivity contribution in [3.63, 3.8) is 0 Å². The van der Waals surface area contributed by atoms with E-state index in [1.54, 1.807) is 6.21 Å². The van der Waals surface area contributed by atoms with Crippen LogP contribution in [0, 0.1) is 0 Å². The van der Waals surface area contributed by atoms with Crippen LogP contribution in [0.2, 0.25) is 0 Å². The van der Waals surface area contributed by atoms with Crippen LogP contribution in [-0.2, 0) is 10.8 Å². The summed E-state index contributed by atoms with van der Waals surface area (Å²) in [6, 6.07) is 74.4. The number of para-hydroxylation sites is 1. The molecule has 82 heavy (non-hydrogen) atoms. The van der Waals surface area contributed by atoms with Crippen molar-refractivity contribution in [2.75, 3.05) is 9.80 Å². The van der Waals surface area contributed by atoms with E-state index in [4.69, 9.17) is 0 Å². The minimum atomic E-state index is -0.232. The van der Waals surface area contributed by atoms with E-state index in [1.807, 2.05) is 36.7 Å². The Labute approximate surface area is 480 Å². The van der Waals surface area contributed by atoms with Gasteiger partial charge in [0.2, 0.25) is 0 Å². The van der Waals surface area contributed by atoms with Crippen molar-refractivity contribution in [1.29, 1.82) is 0 Å². The molecule has 4 aliphatic rings. The lowest BCUT2D eigenvalue weighted by Gasteiger charge is -2.26. The molecule has 0 saturated heterocycles. The maximum absolute atomic E-state index is 4.62. The Morgan fingerprint density at radius 1 is 0.476 bits per heavy atom. The second kappa shape index (κ2) is 18.6. The molecule has 15 rings (SSSR count). The predicted octanol–water partition coefficient (Wildman–Crippen LogP) is 20.6. The molecular formula is C78H60N4. The minimum absolute atomic E-state index is 0.0662. The van der Waals surface area contributed by atoms with E-state index in [0.717, 1.165) is 34.0 Å². The number of aliphatic imine (C=N–C) groups is 1. The van der Waals surface area contributed by atoms with Crippen molar-refractivity contribution in [3.05, 3.63) is 296 Å². The summed E-state index contributed by atoms with van der Waals surface area (Å²) in [5.74, 6) is 0.166. The molecule has 10 aromatic carbocycles. The first kappa shape index (κ1) is 49.2. The number of pyridine rings is 1. The van der Waals surface area contributed by atoms with E-state index in [2.05, 4.69) is 261 Å². The number of nitrogens with zero attached hydrogens (tertiary/aromatic N) is 4. The zero-order chi connectivity index (χ0) is 55.6. The lowest BCUT2D eigenvalue weighted by Crippen LogP contribution is -2.16. The highest BCUT2D eigenvalue weighted by Crippen LogP contribution is 2.60. The summed E-state index contributed by atoms with van der Waals surface area (Å²) < 4.78 is 0. The van der Waals surface area contributed by atoms with Crippen LogP contribution in [0.4, 0.5) is 22.7 Å². The number of rotatable bonds is 12. The number of fused-ring (bicyclic) bond motifs is 11. The van der Waals surface area contributed by atoms with Crippen molar-refractivity contribution in [2.45, 2.75) is 50.4 Å². The molecular weight excluding hydrogens is 993 g/mol. The van der Waals surface area contributed by atoms with E-state index < -0.39 is 0 Å². The Balaban J connectivity index is 0.774. The van der Waals surface area contributed by atoms with Crippen LogP contribution in [0.3, 0.4) is 0 Å². The van der Waals surface area contributed by atoms with Gasteiger partial charge in [0.05, 0.1) is 23.8 Å². The van der Waals surface area contributed by atoms with E-state index >= 15 is 0 Å². The second-order valence-electron chi connectivity index (χ2n) is 23.5. The molecule has 0 bridgehead atoms. The van der Waals surface area contributed by atoms with Crippen LogP contribution in [-0.4, -0.2) is 11.2 Å². The minimum Gasteiger partial charge on any atom is -0.317 e. The molecule has 0 N–H and O–H groups in total. The van der Waals surface area contributed by atoms with E-state index in [1.165, 1.54) is 122 Å². The second-order valence-corrected chi connectivity index (χ2v) is 23.5. The summed E-state index contributed by atoms with van der Waals surface area (Å²) in [6.45, 7) is 22.1. The van der Waals surface area contributed by atoms with Gasteiger partial charge in [-0.25, -0.2) is 0 Å². The topological polar surface area (TPSA) is 31.7 Å². The summed E-state index contributed by atoms with van der Waals surface area (Å²) in [4.78, 5) is 13.4. The summed E-state index contributed by atoms with van der Waals surface area (Å²) in [7, 11) is 0. The van der Waals surface area contributed by atoms with Crippen LogP contribution in [0.5, 0.6) is 0 Å². The van der Waals surface area contributed by atoms with Crippen LogP contribution in [0.15, 0.2) is 268 Å². The number of aromatic nitrogens is 1.